The van der Waals surface area contributed by atoms with Gasteiger partial charge in [0.05, 0.1) is 13.2 Å². The molecule has 4 nitrogen and oxygen atoms in total. The van der Waals surface area contributed by atoms with E-state index in [-0.39, 0.29) is 6.10 Å². The van der Waals surface area contributed by atoms with Crippen LogP contribution in [0.15, 0.2) is 63.8 Å². The third kappa shape index (κ3) is 6.73. The molecule has 0 spiro atoms. The largest absolute Gasteiger partial charge is 0.494 e. The van der Waals surface area contributed by atoms with E-state index < -0.39 is 0 Å². The van der Waals surface area contributed by atoms with Crippen LogP contribution in [0.4, 0.5) is 0 Å². The number of rotatable bonds is 11. The molecule has 4 rings (SSSR count). The van der Waals surface area contributed by atoms with Gasteiger partial charge in [-0.3, -0.25) is 0 Å². The zero-order chi connectivity index (χ0) is 21.3. The Hall–Kier alpha value is -2.02. The van der Waals surface area contributed by atoms with Crippen molar-refractivity contribution in [1.29, 1.82) is 0 Å². The monoisotopic (exact) mass is 502 g/mol. The molecule has 1 unspecified atom stereocenters. The molecule has 0 aliphatic carbocycles. The van der Waals surface area contributed by atoms with Crippen molar-refractivity contribution in [3.8, 4) is 28.4 Å². The van der Waals surface area contributed by atoms with Gasteiger partial charge in [0.15, 0.2) is 17.6 Å². The SMILES string of the molecule is Brc1ccc(-c2ccc(OCCCCCCOCC3COc4cscc4O3)cc2)cc1. The molecule has 0 N–H and O–H groups in total. The van der Waals surface area contributed by atoms with Crippen molar-refractivity contribution in [2.45, 2.75) is 31.8 Å². The van der Waals surface area contributed by atoms with Crippen LogP contribution >= 0.6 is 27.3 Å². The number of fused-ring (bicyclic) bond motifs is 1. The summed E-state index contributed by atoms with van der Waals surface area (Å²) in [7, 11) is 0. The summed E-state index contributed by atoms with van der Waals surface area (Å²) in [5.41, 5.74) is 2.40. The van der Waals surface area contributed by atoms with Crippen LogP contribution in [0.2, 0.25) is 0 Å². The predicted molar refractivity (Wildman–Crippen MR) is 129 cm³/mol. The first-order valence-electron chi connectivity index (χ1n) is 10.7. The zero-order valence-electron chi connectivity index (χ0n) is 17.4. The van der Waals surface area contributed by atoms with Crippen LogP contribution < -0.4 is 14.2 Å². The quantitative estimate of drug-likeness (QED) is 0.265. The molecule has 2 heterocycles. The summed E-state index contributed by atoms with van der Waals surface area (Å²) in [6, 6.07) is 16.6. The first-order valence-corrected chi connectivity index (χ1v) is 12.4. The molecule has 0 saturated heterocycles. The molecule has 0 saturated carbocycles. The molecule has 31 heavy (non-hydrogen) atoms. The molecular weight excluding hydrogens is 476 g/mol. The summed E-state index contributed by atoms with van der Waals surface area (Å²) in [5, 5.41) is 3.94. The van der Waals surface area contributed by atoms with Gasteiger partial charge < -0.3 is 18.9 Å². The Morgan fingerprint density at radius 2 is 1.52 bits per heavy atom. The highest BCUT2D eigenvalue weighted by Gasteiger charge is 2.21. The van der Waals surface area contributed by atoms with E-state index in [1.165, 1.54) is 11.1 Å². The van der Waals surface area contributed by atoms with Gasteiger partial charge in [0.25, 0.3) is 0 Å². The molecule has 0 radical (unpaired) electrons. The summed E-state index contributed by atoms with van der Waals surface area (Å²) in [6.45, 7) is 2.64. The second-order valence-corrected chi connectivity index (χ2v) is 9.18. The third-order valence-corrected chi connectivity index (χ3v) is 6.33. The van der Waals surface area contributed by atoms with Crippen molar-refractivity contribution >= 4 is 27.3 Å². The lowest BCUT2D eigenvalue weighted by Gasteiger charge is -2.24. The lowest BCUT2D eigenvalue weighted by molar-refractivity contribution is 0.00839. The number of hydrogen-bond donors (Lipinski definition) is 0. The van der Waals surface area contributed by atoms with Crippen LogP contribution in [-0.4, -0.2) is 32.5 Å². The Balaban J connectivity index is 1.03. The van der Waals surface area contributed by atoms with Crippen molar-refractivity contribution in [2.24, 2.45) is 0 Å². The fraction of sp³-hybridized carbons (Fsp3) is 0.360. The van der Waals surface area contributed by atoms with E-state index >= 15 is 0 Å². The van der Waals surface area contributed by atoms with Gasteiger partial charge in [-0.2, -0.15) is 0 Å². The Bertz CT molecular complexity index is 923. The van der Waals surface area contributed by atoms with Crippen LogP contribution in [0.3, 0.4) is 0 Å². The van der Waals surface area contributed by atoms with Crippen molar-refractivity contribution < 1.29 is 18.9 Å². The van der Waals surface area contributed by atoms with Gasteiger partial charge in [0, 0.05) is 21.8 Å². The number of halogens is 1. The van der Waals surface area contributed by atoms with Crippen LogP contribution in [0.5, 0.6) is 17.2 Å². The molecule has 0 fully saturated rings. The van der Waals surface area contributed by atoms with Gasteiger partial charge in [-0.1, -0.05) is 46.6 Å². The summed E-state index contributed by atoms with van der Waals surface area (Å²) in [5.74, 6) is 2.62. The van der Waals surface area contributed by atoms with Crippen molar-refractivity contribution in [3.63, 3.8) is 0 Å². The minimum Gasteiger partial charge on any atom is -0.494 e. The maximum Gasteiger partial charge on any atom is 0.172 e. The summed E-state index contributed by atoms with van der Waals surface area (Å²) < 4.78 is 24.2. The average molecular weight is 503 g/mol. The lowest BCUT2D eigenvalue weighted by atomic mass is 10.1. The van der Waals surface area contributed by atoms with Gasteiger partial charge >= 0.3 is 0 Å². The second kappa shape index (κ2) is 11.6. The molecule has 1 aliphatic heterocycles. The lowest BCUT2D eigenvalue weighted by Crippen LogP contribution is -2.33. The third-order valence-electron chi connectivity index (χ3n) is 5.10. The van der Waals surface area contributed by atoms with Crippen LogP contribution in [0, 0.1) is 0 Å². The number of hydrogen-bond acceptors (Lipinski definition) is 5. The van der Waals surface area contributed by atoms with E-state index in [1.54, 1.807) is 11.3 Å². The fourth-order valence-electron chi connectivity index (χ4n) is 3.39. The maximum absolute atomic E-state index is 5.88. The van der Waals surface area contributed by atoms with Crippen molar-refractivity contribution in [1.82, 2.24) is 0 Å². The molecule has 164 valence electrons. The van der Waals surface area contributed by atoms with E-state index in [2.05, 4.69) is 52.3 Å². The number of thiophene rings is 1. The average Bonchev–Trinajstić information content (AvgIpc) is 3.27. The van der Waals surface area contributed by atoms with Gasteiger partial charge in [-0.05, 0) is 54.7 Å². The standard InChI is InChI=1S/C25H27BrO4S/c26-21-9-5-19(6-10-21)20-7-11-22(12-8-20)28-14-4-2-1-3-13-27-15-23-16-29-24-17-31-18-25(24)30-23/h5-12,17-18,23H,1-4,13-16H2. The Morgan fingerprint density at radius 1 is 0.839 bits per heavy atom. The van der Waals surface area contributed by atoms with Crippen LogP contribution in [0.1, 0.15) is 25.7 Å². The van der Waals surface area contributed by atoms with Crippen molar-refractivity contribution in [2.75, 3.05) is 26.4 Å². The van der Waals surface area contributed by atoms with Crippen molar-refractivity contribution in [3.05, 3.63) is 63.8 Å². The normalized spacial score (nSPS) is 15.1. The molecule has 1 atom stereocenters. The molecule has 0 bridgehead atoms. The fourth-order valence-corrected chi connectivity index (χ4v) is 4.33. The molecule has 0 amide bonds. The van der Waals surface area contributed by atoms with E-state index in [9.17, 15) is 0 Å². The van der Waals surface area contributed by atoms with E-state index in [1.807, 2.05) is 22.9 Å². The Kier molecular flexibility index (Phi) is 8.27. The Labute approximate surface area is 196 Å². The van der Waals surface area contributed by atoms with E-state index in [0.29, 0.717) is 13.2 Å². The molecule has 6 heteroatoms. The second-order valence-electron chi connectivity index (χ2n) is 7.52. The molecule has 1 aromatic heterocycles. The Morgan fingerprint density at radius 3 is 2.29 bits per heavy atom. The van der Waals surface area contributed by atoms with E-state index in [4.69, 9.17) is 18.9 Å². The highest BCUT2D eigenvalue weighted by molar-refractivity contribution is 9.10. The maximum atomic E-state index is 5.88. The number of benzene rings is 2. The van der Waals surface area contributed by atoms with Crippen LogP contribution in [-0.2, 0) is 4.74 Å². The molecular formula is C25H27BrO4S. The number of unbranched alkanes of at least 4 members (excludes halogenated alkanes) is 3. The number of ether oxygens (including phenoxy) is 4. The first-order chi connectivity index (χ1) is 15.3. The minimum atomic E-state index is -0.00866. The van der Waals surface area contributed by atoms with Crippen LogP contribution in [0.25, 0.3) is 11.1 Å². The highest BCUT2D eigenvalue weighted by atomic mass is 79.9. The summed E-state index contributed by atoms with van der Waals surface area (Å²) in [6.07, 6.45) is 4.38. The molecule has 2 aromatic carbocycles. The predicted octanol–water partition coefficient (Wildman–Crippen LogP) is 6.97. The highest BCUT2D eigenvalue weighted by Crippen LogP contribution is 2.35. The first kappa shape index (κ1) is 22.2. The minimum absolute atomic E-state index is 0.00866. The summed E-state index contributed by atoms with van der Waals surface area (Å²) in [4.78, 5) is 0. The van der Waals surface area contributed by atoms with E-state index in [0.717, 1.165) is 60.6 Å². The van der Waals surface area contributed by atoms with Gasteiger partial charge in [-0.15, -0.1) is 11.3 Å². The van der Waals surface area contributed by atoms with Gasteiger partial charge in [-0.25, -0.2) is 0 Å². The zero-order valence-corrected chi connectivity index (χ0v) is 19.8. The topological polar surface area (TPSA) is 36.9 Å². The van der Waals surface area contributed by atoms with Gasteiger partial charge in [0.2, 0.25) is 0 Å². The smallest absolute Gasteiger partial charge is 0.172 e. The molecule has 3 aromatic rings. The van der Waals surface area contributed by atoms with Gasteiger partial charge in [0.1, 0.15) is 12.4 Å². The molecule has 1 aliphatic rings. The summed E-state index contributed by atoms with van der Waals surface area (Å²) >= 11 is 5.07.